The molecule has 18 heavy (non-hydrogen) atoms. The van der Waals surface area contributed by atoms with Gasteiger partial charge in [-0.2, -0.15) is 13.2 Å². The molecule has 0 saturated heterocycles. The van der Waals surface area contributed by atoms with Crippen molar-refractivity contribution in [3.05, 3.63) is 0 Å². The van der Waals surface area contributed by atoms with E-state index in [0.29, 0.717) is 19.3 Å². The van der Waals surface area contributed by atoms with E-state index in [2.05, 4.69) is 5.32 Å². The van der Waals surface area contributed by atoms with Gasteiger partial charge in [0.1, 0.15) is 0 Å². The topological polar surface area (TPSA) is 49.3 Å². The number of rotatable bonds is 4. The van der Waals surface area contributed by atoms with E-state index in [9.17, 15) is 18.0 Å². The standard InChI is InChI=1S/C12H20F3NO2/c1-8(17)5-6-11(18)16-10-4-2-3-9(7-10)12(13,14)15/h8-10,17H,2-7H2,1H3,(H,16,18). The first-order valence-electron chi connectivity index (χ1n) is 6.33. The summed E-state index contributed by atoms with van der Waals surface area (Å²) < 4.78 is 37.7. The van der Waals surface area contributed by atoms with E-state index in [1.165, 1.54) is 0 Å². The molecule has 1 rings (SSSR count). The maximum Gasteiger partial charge on any atom is 0.391 e. The van der Waals surface area contributed by atoms with Crippen LogP contribution in [0.15, 0.2) is 0 Å². The average Bonchev–Trinajstić information content (AvgIpc) is 2.25. The summed E-state index contributed by atoms with van der Waals surface area (Å²) in [6.45, 7) is 1.58. The third-order valence-electron chi connectivity index (χ3n) is 3.29. The Hall–Kier alpha value is -0.780. The summed E-state index contributed by atoms with van der Waals surface area (Å²) in [6.07, 6.45) is -3.01. The van der Waals surface area contributed by atoms with Gasteiger partial charge in [0.2, 0.25) is 5.91 Å². The molecule has 0 bridgehead atoms. The molecule has 1 fully saturated rings. The third-order valence-corrected chi connectivity index (χ3v) is 3.29. The Morgan fingerprint density at radius 2 is 2.11 bits per heavy atom. The van der Waals surface area contributed by atoms with Gasteiger partial charge in [-0.3, -0.25) is 4.79 Å². The predicted molar refractivity (Wildman–Crippen MR) is 60.9 cm³/mol. The average molecular weight is 267 g/mol. The van der Waals surface area contributed by atoms with Crippen molar-refractivity contribution in [1.82, 2.24) is 5.32 Å². The van der Waals surface area contributed by atoms with Gasteiger partial charge in [-0.15, -0.1) is 0 Å². The number of hydrogen-bond acceptors (Lipinski definition) is 2. The summed E-state index contributed by atoms with van der Waals surface area (Å²) in [6, 6.07) is -0.383. The molecule has 0 aromatic carbocycles. The van der Waals surface area contributed by atoms with E-state index in [-0.39, 0.29) is 31.2 Å². The Balaban J connectivity index is 2.36. The Kier molecular flexibility index (Phi) is 5.44. The first-order valence-corrected chi connectivity index (χ1v) is 6.33. The largest absolute Gasteiger partial charge is 0.393 e. The second-order valence-electron chi connectivity index (χ2n) is 5.06. The highest BCUT2D eigenvalue weighted by molar-refractivity contribution is 5.76. The lowest BCUT2D eigenvalue weighted by atomic mass is 9.85. The van der Waals surface area contributed by atoms with E-state index in [1.807, 2.05) is 0 Å². The van der Waals surface area contributed by atoms with E-state index >= 15 is 0 Å². The Bertz CT molecular complexity index is 279. The number of carbonyl (C=O) groups is 1. The number of aliphatic hydroxyl groups excluding tert-OH is 1. The van der Waals surface area contributed by atoms with Crippen molar-refractivity contribution in [2.45, 2.75) is 63.8 Å². The van der Waals surface area contributed by atoms with Crippen LogP contribution in [0.3, 0.4) is 0 Å². The Morgan fingerprint density at radius 1 is 1.44 bits per heavy atom. The molecule has 6 heteroatoms. The van der Waals surface area contributed by atoms with Gasteiger partial charge in [0.05, 0.1) is 12.0 Å². The molecule has 106 valence electrons. The maximum absolute atomic E-state index is 12.6. The summed E-state index contributed by atoms with van der Waals surface area (Å²) in [7, 11) is 0. The zero-order valence-electron chi connectivity index (χ0n) is 10.5. The Labute approximate surface area is 105 Å². The van der Waals surface area contributed by atoms with Crippen LogP contribution in [0.25, 0.3) is 0 Å². The third kappa shape index (κ3) is 5.25. The summed E-state index contributed by atoms with van der Waals surface area (Å²) in [5.74, 6) is -1.57. The summed E-state index contributed by atoms with van der Waals surface area (Å²) in [5, 5.41) is 11.7. The fourth-order valence-corrected chi connectivity index (χ4v) is 2.26. The normalized spacial score (nSPS) is 26.7. The molecule has 3 unspecified atom stereocenters. The van der Waals surface area contributed by atoms with Gasteiger partial charge in [0, 0.05) is 12.5 Å². The molecule has 1 saturated carbocycles. The smallest absolute Gasteiger partial charge is 0.391 e. The zero-order valence-corrected chi connectivity index (χ0v) is 10.5. The molecule has 0 aromatic heterocycles. The number of alkyl halides is 3. The molecule has 1 aliphatic carbocycles. The van der Waals surface area contributed by atoms with Crippen LogP contribution in [0.5, 0.6) is 0 Å². The number of amides is 1. The van der Waals surface area contributed by atoms with Crippen molar-refractivity contribution in [3.8, 4) is 0 Å². The van der Waals surface area contributed by atoms with Crippen LogP contribution in [0, 0.1) is 5.92 Å². The van der Waals surface area contributed by atoms with Gasteiger partial charge >= 0.3 is 6.18 Å². The van der Waals surface area contributed by atoms with Gasteiger partial charge in [-0.1, -0.05) is 6.42 Å². The van der Waals surface area contributed by atoms with Gasteiger partial charge in [0.15, 0.2) is 0 Å². The lowest BCUT2D eigenvalue weighted by Gasteiger charge is -2.31. The van der Waals surface area contributed by atoms with Crippen molar-refractivity contribution >= 4 is 5.91 Å². The summed E-state index contributed by atoms with van der Waals surface area (Å²) in [5.41, 5.74) is 0. The second kappa shape index (κ2) is 6.41. The quantitative estimate of drug-likeness (QED) is 0.821. The van der Waals surface area contributed by atoms with Crippen molar-refractivity contribution in [3.63, 3.8) is 0 Å². The molecule has 0 radical (unpaired) electrons. The first kappa shape index (κ1) is 15.3. The van der Waals surface area contributed by atoms with Crippen molar-refractivity contribution < 1.29 is 23.1 Å². The molecule has 0 heterocycles. The van der Waals surface area contributed by atoms with E-state index in [1.54, 1.807) is 6.92 Å². The number of aliphatic hydroxyl groups is 1. The van der Waals surface area contributed by atoms with E-state index < -0.39 is 18.2 Å². The molecule has 3 nitrogen and oxygen atoms in total. The second-order valence-corrected chi connectivity index (χ2v) is 5.06. The predicted octanol–water partition coefficient (Wildman–Crippen LogP) is 2.38. The van der Waals surface area contributed by atoms with Crippen LogP contribution in [0.2, 0.25) is 0 Å². The summed E-state index contributed by atoms with van der Waals surface area (Å²) in [4.78, 5) is 11.5. The summed E-state index contributed by atoms with van der Waals surface area (Å²) >= 11 is 0. The highest BCUT2D eigenvalue weighted by Crippen LogP contribution is 2.37. The van der Waals surface area contributed by atoms with Crippen LogP contribution in [-0.4, -0.2) is 29.3 Å². The van der Waals surface area contributed by atoms with Crippen molar-refractivity contribution in [2.24, 2.45) is 5.92 Å². The molecule has 0 spiro atoms. The monoisotopic (exact) mass is 267 g/mol. The number of halogens is 3. The number of nitrogens with one attached hydrogen (secondary N) is 1. The fraction of sp³-hybridized carbons (Fsp3) is 0.917. The van der Waals surface area contributed by atoms with Crippen LogP contribution in [0.4, 0.5) is 13.2 Å². The number of carbonyl (C=O) groups excluding carboxylic acids is 1. The highest BCUT2D eigenvalue weighted by atomic mass is 19.4. The first-order chi connectivity index (χ1) is 8.29. The van der Waals surface area contributed by atoms with Crippen LogP contribution < -0.4 is 5.32 Å². The van der Waals surface area contributed by atoms with Crippen LogP contribution in [0.1, 0.15) is 45.4 Å². The minimum Gasteiger partial charge on any atom is -0.393 e. The fourth-order valence-electron chi connectivity index (χ4n) is 2.26. The SMILES string of the molecule is CC(O)CCC(=O)NC1CCCC(C(F)(F)F)C1. The van der Waals surface area contributed by atoms with Crippen LogP contribution in [-0.2, 0) is 4.79 Å². The van der Waals surface area contributed by atoms with Crippen molar-refractivity contribution in [1.29, 1.82) is 0 Å². The van der Waals surface area contributed by atoms with E-state index in [0.717, 1.165) is 0 Å². The lowest BCUT2D eigenvalue weighted by Crippen LogP contribution is -2.41. The highest BCUT2D eigenvalue weighted by Gasteiger charge is 2.42. The Morgan fingerprint density at radius 3 is 2.67 bits per heavy atom. The molecular weight excluding hydrogens is 247 g/mol. The molecular formula is C12H20F3NO2. The van der Waals surface area contributed by atoms with E-state index in [4.69, 9.17) is 5.11 Å². The molecule has 2 N–H and O–H groups in total. The molecule has 1 amide bonds. The van der Waals surface area contributed by atoms with Crippen LogP contribution >= 0.6 is 0 Å². The maximum atomic E-state index is 12.6. The molecule has 1 aliphatic rings. The minimum atomic E-state index is -4.16. The lowest BCUT2D eigenvalue weighted by molar-refractivity contribution is -0.184. The molecule has 3 atom stereocenters. The van der Waals surface area contributed by atoms with Gasteiger partial charge in [-0.25, -0.2) is 0 Å². The van der Waals surface area contributed by atoms with Crippen molar-refractivity contribution in [2.75, 3.05) is 0 Å². The molecule has 0 aromatic rings. The minimum absolute atomic E-state index is 0.0239. The molecule has 0 aliphatic heterocycles. The van der Waals surface area contributed by atoms with Gasteiger partial charge in [-0.05, 0) is 32.6 Å². The van der Waals surface area contributed by atoms with Gasteiger partial charge in [0.25, 0.3) is 0 Å². The van der Waals surface area contributed by atoms with Gasteiger partial charge < -0.3 is 10.4 Å². The zero-order chi connectivity index (χ0) is 13.8. The number of hydrogen-bond donors (Lipinski definition) is 2.